The zero-order valence-electron chi connectivity index (χ0n) is 15.9. The SMILES string of the molecule is CCOC(=O)N1CCC(NC(=NC)NCc2c(F)cccc2OC(F)F)CC1. The van der Waals surface area contributed by atoms with E-state index in [4.69, 9.17) is 4.74 Å². The first-order chi connectivity index (χ1) is 13.4. The van der Waals surface area contributed by atoms with Crippen LogP contribution >= 0.6 is 0 Å². The fraction of sp³-hybridized carbons (Fsp3) is 0.556. The van der Waals surface area contributed by atoms with E-state index >= 15 is 0 Å². The van der Waals surface area contributed by atoms with Gasteiger partial charge >= 0.3 is 12.7 Å². The third-order valence-electron chi connectivity index (χ3n) is 4.31. The number of rotatable bonds is 6. The van der Waals surface area contributed by atoms with Gasteiger partial charge in [0.05, 0.1) is 6.61 Å². The average Bonchev–Trinajstić information content (AvgIpc) is 2.66. The number of hydrogen-bond donors (Lipinski definition) is 2. The first-order valence-corrected chi connectivity index (χ1v) is 9.05. The molecule has 10 heteroatoms. The van der Waals surface area contributed by atoms with E-state index in [2.05, 4.69) is 20.4 Å². The minimum atomic E-state index is -3.04. The Morgan fingerprint density at radius 3 is 2.68 bits per heavy atom. The highest BCUT2D eigenvalue weighted by Gasteiger charge is 2.24. The van der Waals surface area contributed by atoms with E-state index in [1.54, 1.807) is 18.9 Å². The topological polar surface area (TPSA) is 75.2 Å². The van der Waals surface area contributed by atoms with Gasteiger partial charge in [-0.15, -0.1) is 0 Å². The molecular formula is C18H25F3N4O3. The molecule has 0 bridgehead atoms. The molecule has 1 saturated heterocycles. The van der Waals surface area contributed by atoms with E-state index < -0.39 is 12.4 Å². The number of carbonyl (C=O) groups is 1. The zero-order chi connectivity index (χ0) is 20.5. The second-order valence-corrected chi connectivity index (χ2v) is 6.13. The third-order valence-corrected chi connectivity index (χ3v) is 4.31. The molecule has 2 N–H and O–H groups in total. The summed E-state index contributed by atoms with van der Waals surface area (Å²) in [5.41, 5.74) is -0.0112. The summed E-state index contributed by atoms with van der Waals surface area (Å²) in [6.45, 7) is 0.0783. The lowest BCUT2D eigenvalue weighted by Gasteiger charge is -2.32. The predicted molar refractivity (Wildman–Crippen MR) is 98.0 cm³/mol. The molecule has 2 rings (SSSR count). The van der Waals surface area contributed by atoms with Crippen LogP contribution in [0.3, 0.4) is 0 Å². The van der Waals surface area contributed by atoms with E-state index in [0.29, 0.717) is 38.5 Å². The number of aliphatic imine (C=N–C) groups is 1. The van der Waals surface area contributed by atoms with Crippen molar-refractivity contribution in [1.29, 1.82) is 0 Å². The van der Waals surface area contributed by atoms with Crippen LogP contribution in [0.2, 0.25) is 0 Å². The van der Waals surface area contributed by atoms with E-state index in [9.17, 15) is 18.0 Å². The van der Waals surface area contributed by atoms with Gasteiger partial charge in [-0.1, -0.05) is 6.07 Å². The van der Waals surface area contributed by atoms with Crippen LogP contribution in [0.5, 0.6) is 5.75 Å². The van der Waals surface area contributed by atoms with Crippen molar-refractivity contribution in [3.63, 3.8) is 0 Å². The minimum Gasteiger partial charge on any atom is -0.450 e. The Bertz CT molecular complexity index is 680. The molecular weight excluding hydrogens is 377 g/mol. The van der Waals surface area contributed by atoms with E-state index in [1.165, 1.54) is 18.2 Å². The Morgan fingerprint density at radius 1 is 1.36 bits per heavy atom. The van der Waals surface area contributed by atoms with Crippen molar-refractivity contribution < 1.29 is 27.4 Å². The molecule has 0 atom stereocenters. The largest absolute Gasteiger partial charge is 0.450 e. The molecule has 0 spiro atoms. The monoisotopic (exact) mass is 402 g/mol. The van der Waals surface area contributed by atoms with Gasteiger partial charge in [0.15, 0.2) is 5.96 Å². The lowest BCUT2D eigenvalue weighted by atomic mass is 10.1. The van der Waals surface area contributed by atoms with Crippen LogP contribution in [-0.2, 0) is 11.3 Å². The molecule has 1 fully saturated rings. The van der Waals surface area contributed by atoms with Crippen molar-refractivity contribution in [1.82, 2.24) is 15.5 Å². The van der Waals surface area contributed by atoms with Gasteiger partial charge in [0.1, 0.15) is 11.6 Å². The standard InChI is InChI=1S/C18H25F3N4O3/c1-3-27-18(26)25-9-7-12(8-10-25)24-17(22-2)23-11-13-14(19)5-4-6-15(13)28-16(20)21/h4-6,12,16H,3,7-11H2,1-2H3,(H2,22,23,24). The molecule has 1 amide bonds. The average molecular weight is 402 g/mol. The Hall–Kier alpha value is -2.65. The Balaban J connectivity index is 1.89. The summed E-state index contributed by atoms with van der Waals surface area (Å²) in [4.78, 5) is 17.5. The van der Waals surface area contributed by atoms with Gasteiger partial charge in [0.2, 0.25) is 0 Å². The second-order valence-electron chi connectivity index (χ2n) is 6.13. The molecule has 156 valence electrons. The molecule has 0 saturated carbocycles. The number of nitrogens with one attached hydrogen (secondary N) is 2. The molecule has 28 heavy (non-hydrogen) atoms. The van der Waals surface area contributed by atoms with Crippen LogP contribution in [-0.4, -0.2) is 56.4 Å². The molecule has 1 aliphatic rings. The quantitative estimate of drug-likeness (QED) is 0.565. The Kier molecular flexibility index (Phi) is 8.21. The lowest BCUT2D eigenvalue weighted by molar-refractivity contribution is -0.0506. The van der Waals surface area contributed by atoms with Crippen molar-refractivity contribution in [2.45, 2.75) is 39.0 Å². The molecule has 1 aromatic carbocycles. The number of ether oxygens (including phenoxy) is 2. The number of alkyl halides is 2. The third kappa shape index (κ3) is 6.21. The van der Waals surface area contributed by atoms with Crippen LogP contribution in [0, 0.1) is 5.82 Å². The maximum atomic E-state index is 14.0. The second kappa shape index (κ2) is 10.6. The fourth-order valence-electron chi connectivity index (χ4n) is 2.90. The molecule has 1 aromatic rings. The summed E-state index contributed by atoms with van der Waals surface area (Å²) in [5.74, 6) is -0.467. The normalized spacial score (nSPS) is 15.5. The van der Waals surface area contributed by atoms with Crippen molar-refractivity contribution >= 4 is 12.1 Å². The highest BCUT2D eigenvalue weighted by Crippen LogP contribution is 2.23. The Labute approximate surface area is 161 Å². The number of guanidine groups is 1. The van der Waals surface area contributed by atoms with Crippen molar-refractivity contribution in [3.05, 3.63) is 29.6 Å². The van der Waals surface area contributed by atoms with Gasteiger partial charge in [0, 0.05) is 38.3 Å². The van der Waals surface area contributed by atoms with Gasteiger partial charge in [-0.25, -0.2) is 9.18 Å². The summed E-state index contributed by atoms with van der Waals surface area (Å²) in [5, 5.41) is 6.11. The highest BCUT2D eigenvalue weighted by molar-refractivity contribution is 5.80. The number of hydrogen-bond acceptors (Lipinski definition) is 4. The molecule has 0 aromatic heterocycles. The van der Waals surface area contributed by atoms with Gasteiger partial charge in [-0.05, 0) is 31.9 Å². The van der Waals surface area contributed by atoms with Crippen molar-refractivity contribution in [2.24, 2.45) is 4.99 Å². The number of carbonyl (C=O) groups excluding carboxylic acids is 1. The van der Waals surface area contributed by atoms with Gasteiger partial charge in [0.25, 0.3) is 0 Å². The maximum absolute atomic E-state index is 14.0. The predicted octanol–water partition coefficient (Wildman–Crippen LogP) is 2.71. The molecule has 0 unspecified atom stereocenters. The molecule has 1 aliphatic heterocycles. The smallest absolute Gasteiger partial charge is 0.409 e. The number of amides is 1. The summed E-state index contributed by atoms with van der Waals surface area (Å²) < 4.78 is 48.4. The number of benzene rings is 1. The first-order valence-electron chi connectivity index (χ1n) is 9.05. The van der Waals surface area contributed by atoms with E-state index in [-0.39, 0.29) is 30.0 Å². The van der Waals surface area contributed by atoms with E-state index in [0.717, 1.165) is 0 Å². The molecule has 7 nitrogen and oxygen atoms in total. The minimum absolute atomic E-state index is 0.0112. The number of likely N-dealkylation sites (tertiary alicyclic amines) is 1. The summed E-state index contributed by atoms with van der Waals surface area (Å²) in [7, 11) is 1.56. The van der Waals surface area contributed by atoms with Crippen LogP contribution in [0.15, 0.2) is 23.2 Å². The zero-order valence-corrected chi connectivity index (χ0v) is 15.9. The van der Waals surface area contributed by atoms with Crippen LogP contribution in [0.25, 0.3) is 0 Å². The van der Waals surface area contributed by atoms with Crippen LogP contribution in [0.1, 0.15) is 25.3 Å². The summed E-state index contributed by atoms with van der Waals surface area (Å²) >= 11 is 0. The maximum Gasteiger partial charge on any atom is 0.409 e. The summed E-state index contributed by atoms with van der Waals surface area (Å²) in [6, 6.07) is 3.83. The number of halogens is 3. The van der Waals surface area contributed by atoms with Crippen molar-refractivity contribution in [2.75, 3.05) is 26.7 Å². The highest BCUT2D eigenvalue weighted by atomic mass is 19.3. The first kappa shape index (κ1) is 21.6. The van der Waals surface area contributed by atoms with Gasteiger partial charge in [-0.2, -0.15) is 8.78 Å². The summed E-state index contributed by atoms with van der Waals surface area (Å²) in [6.07, 6.45) is 1.06. The van der Waals surface area contributed by atoms with E-state index in [1.807, 2.05) is 0 Å². The number of nitrogens with zero attached hydrogens (tertiary/aromatic N) is 2. The fourth-order valence-corrected chi connectivity index (χ4v) is 2.90. The molecule has 0 radical (unpaired) electrons. The lowest BCUT2D eigenvalue weighted by Crippen LogP contribution is -2.49. The molecule has 0 aliphatic carbocycles. The van der Waals surface area contributed by atoms with Crippen LogP contribution < -0.4 is 15.4 Å². The molecule has 1 heterocycles. The van der Waals surface area contributed by atoms with Gasteiger partial charge < -0.3 is 25.0 Å². The number of piperidine rings is 1. The van der Waals surface area contributed by atoms with Crippen molar-refractivity contribution in [3.8, 4) is 5.75 Å². The van der Waals surface area contributed by atoms with Gasteiger partial charge in [-0.3, -0.25) is 4.99 Å². The van der Waals surface area contributed by atoms with Crippen LogP contribution in [0.4, 0.5) is 18.0 Å². The Morgan fingerprint density at radius 2 is 2.07 bits per heavy atom.